The molecule has 0 spiro atoms. The van der Waals surface area contributed by atoms with Crippen molar-refractivity contribution in [3.05, 3.63) is 15.3 Å². The smallest absolute Gasteiger partial charge is 0.303 e. The molecule has 0 N–H and O–H groups in total. The first-order valence-electron chi connectivity index (χ1n) is 8.32. The normalized spacial score (nSPS) is 23.8. The van der Waals surface area contributed by atoms with Crippen LogP contribution in [0.25, 0.3) is 11.2 Å². The van der Waals surface area contributed by atoms with Gasteiger partial charge in [-0.25, -0.2) is 15.0 Å². The molecule has 3 heterocycles. The van der Waals surface area contributed by atoms with E-state index in [0.717, 1.165) is 0 Å². The first-order valence-corrected chi connectivity index (χ1v) is 9.78. The predicted octanol–water partition coefficient (Wildman–Crippen LogP) is 1.19. The predicted molar refractivity (Wildman–Crippen MR) is 105 cm³/mol. The maximum atomic E-state index is 11.8. The van der Waals surface area contributed by atoms with Crippen LogP contribution in [0.4, 0.5) is 0 Å². The summed E-state index contributed by atoms with van der Waals surface area (Å²) >= 11 is 8.05. The highest BCUT2D eigenvalue weighted by Crippen LogP contribution is 2.38. The van der Waals surface area contributed by atoms with Crippen molar-refractivity contribution in [1.82, 2.24) is 19.5 Å². The van der Waals surface area contributed by atoms with Crippen LogP contribution in [-0.4, -0.2) is 62.8 Å². The lowest BCUT2D eigenvalue weighted by molar-refractivity contribution is -0.194. The van der Waals surface area contributed by atoms with Crippen molar-refractivity contribution in [2.24, 2.45) is 0 Å². The number of carbonyl (C=O) groups excluding carboxylic acids is 3. The van der Waals surface area contributed by atoms with E-state index in [9.17, 15) is 14.4 Å². The Bertz CT molecular complexity index is 984. The lowest BCUT2D eigenvalue weighted by atomic mass is 10.0. The van der Waals surface area contributed by atoms with Gasteiger partial charge in [0.25, 0.3) is 0 Å². The lowest BCUT2D eigenvalue weighted by Crippen LogP contribution is -2.52. The summed E-state index contributed by atoms with van der Waals surface area (Å²) in [6.45, 7) is 3.17. The van der Waals surface area contributed by atoms with E-state index in [4.69, 9.17) is 30.5 Å². The molecular weight excluding hydrogens is 523 g/mol. The minimum absolute atomic E-state index is 0.111. The van der Waals surface area contributed by atoms with Gasteiger partial charge in [-0.3, -0.25) is 19.0 Å². The fraction of sp³-hybridized carbons (Fsp3) is 0.500. The molecule has 0 bridgehead atoms. The summed E-state index contributed by atoms with van der Waals surface area (Å²) in [6, 6.07) is 0. The van der Waals surface area contributed by atoms with Crippen molar-refractivity contribution in [1.29, 1.82) is 0 Å². The summed E-state index contributed by atoms with van der Waals surface area (Å²) in [4.78, 5) is 47.5. The number of halogens is 2. The Labute approximate surface area is 183 Å². The number of rotatable bonds is 5. The third-order valence-electron chi connectivity index (χ3n) is 4.11. The number of hydrogen-bond acceptors (Lipinski definition) is 10. The fourth-order valence-corrected chi connectivity index (χ4v) is 3.89. The van der Waals surface area contributed by atoms with Crippen LogP contribution in [0.1, 0.15) is 20.8 Å². The van der Waals surface area contributed by atoms with Crippen LogP contribution in [0.2, 0.25) is 5.15 Å². The van der Waals surface area contributed by atoms with Gasteiger partial charge >= 0.3 is 17.9 Å². The zero-order valence-corrected chi connectivity index (χ0v) is 18.5. The lowest BCUT2D eigenvalue weighted by Gasteiger charge is -2.34. The van der Waals surface area contributed by atoms with Gasteiger partial charge in [0.15, 0.2) is 26.8 Å². The topological polar surface area (TPSA) is 132 Å². The molecule has 0 amide bonds. The van der Waals surface area contributed by atoms with Gasteiger partial charge in [-0.15, -0.1) is 0 Å². The Balaban J connectivity index is 2.18. The van der Waals surface area contributed by atoms with Crippen molar-refractivity contribution in [2.45, 2.75) is 38.7 Å². The van der Waals surface area contributed by atoms with E-state index in [1.54, 1.807) is 0 Å². The van der Waals surface area contributed by atoms with Gasteiger partial charge in [0.05, 0.1) is 12.9 Å². The molecule has 0 unspecified atom stereocenters. The van der Waals surface area contributed by atoms with Crippen molar-refractivity contribution in [3.63, 3.8) is 0 Å². The molecule has 1 fully saturated rings. The van der Waals surface area contributed by atoms with Gasteiger partial charge in [-0.1, -0.05) is 11.6 Å². The number of aromatic nitrogens is 4. The summed E-state index contributed by atoms with van der Waals surface area (Å²) < 4.78 is 23.6. The van der Waals surface area contributed by atoms with Crippen LogP contribution in [0.5, 0.6) is 0 Å². The van der Waals surface area contributed by atoms with E-state index in [2.05, 4.69) is 15.0 Å². The Morgan fingerprint density at radius 2 is 1.93 bits per heavy atom. The number of nitrogens with zero attached hydrogens (tertiary/aromatic N) is 4. The molecule has 2 aromatic heterocycles. The molecule has 1 aliphatic heterocycles. The zero-order valence-electron chi connectivity index (χ0n) is 15.5. The van der Waals surface area contributed by atoms with Crippen LogP contribution >= 0.6 is 34.2 Å². The minimum atomic E-state index is -1.59. The van der Waals surface area contributed by atoms with Crippen molar-refractivity contribution in [2.75, 3.05) is 13.2 Å². The van der Waals surface area contributed by atoms with E-state index in [1.165, 1.54) is 31.7 Å². The third-order valence-corrected chi connectivity index (χ3v) is 4.85. The highest BCUT2D eigenvalue weighted by molar-refractivity contribution is 14.1. The summed E-state index contributed by atoms with van der Waals surface area (Å²) in [5.41, 5.74) is -1.05. The Kier molecular flexibility index (Phi) is 6.24. The molecule has 0 saturated carbocycles. The largest absolute Gasteiger partial charge is 0.461 e. The molecular formula is C16H16ClIN4O7. The second-order valence-electron chi connectivity index (χ2n) is 6.18. The molecule has 11 nitrogen and oxygen atoms in total. The summed E-state index contributed by atoms with van der Waals surface area (Å²) in [6.07, 6.45) is -0.731. The molecule has 1 saturated heterocycles. The Hall–Kier alpha value is -2.06. The Morgan fingerprint density at radius 1 is 1.24 bits per heavy atom. The molecule has 3 rings (SSSR count). The second-order valence-corrected chi connectivity index (χ2v) is 7.51. The first kappa shape index (κ1) is 21.6. The first-order chi connectivity index (χ1) is 13.6. The molecule has 2 aromatic rings. The molecule has 0 radical (unpaired) electrons. The van der Waals surface area contributed by atoms with E-state index in [1.807, 2.05) is 22.6 Å². The van der Waals surface area contributed by atoms with Crippen molar-refractivity contribution >= 4 is 63.3 Å². The van der Waals surface area contributed by atoms with Crippen LogP contribution in [-0.2, 0) is 39.1 Å². The maximum Gasteiger partial charge on any atom is 0.303 e. The quantitative estimate of drug-likeness (QED) is 0.180. The number of hydrogen-bond donors (Lipinski definition) is 0. The van der Waals surface area contributed by atoms with Gasteiger partial charge in [-0.05, 0) is 0 Å². The van der Waals surface area contributed by atoms with Gasteiger partial charge < -0.3 is 18.9 Å². The average Bonchev–Trinajstić information content (AvgIpc) is 3.16. The number of fused-ring (bicyclic) bond motifs is 1. The third kappa shape index (κ3) is 4.28. The summed E-state index contributed by atoms with van der Waals surface area (Å²) in [5, 5.41) is 0.111. The summed E-state index contributed by atoms with van der Waals surface area (Å²) in [7, 11) is 0. The zero-order chi connectivity index (χ0) is 21.3. The maximum absolute atomic E-state index is 11.8. The average molecular weight is 539 g/mol. The molecule has 0 aliphatic carbocycles. The fourth-order valence-electron chi connectivity index (χ4n) is 3.06. The van der Waals surface area contributed by atoms with Gasteiger partial charge in [0.2, 0.25) is 5.72 Å². The standard InChI is InChI=1S/C16H16ClIN4O7/c1-7(23)26-5-16(12(29-9(3)25)10(4-27-16)28-8(2)24)22-6-19-11-13(17)20-15(18)21-14(11)22/h6,10,12H,4-5H2,1-3H3/t10-,12-,16-/m0/s1. The number of imidazole rings is 1. The van der Waals surface area contributed by atoms with Crippen LogP contribution in [0.15, 0.2) is 6.33 Å². The van der Waals surface area contributed by atoms with Crippen LogP contribution in [0, 0.1) is 3.83 Å². The highest BCUT2D eigenvalue weighted by atomic mass is 127. The van der Waals surface area contributed by atoms with E-state index < -0.39 is 35.8 Å². The molecule has 0 aromatic carbocycles. The Morgan fingerprint density at radius 3 is 2.55 bits per heavy atom. The summed E-state index contributed by atoms with van der Waals surface area (Å²) in [5.74, 6) is -1.82. The minimum Gasteiger partial charge on any atom is -0.461 e. The second kappa shape index (κ2) is 8.36. The van der Waals surface area contributed by atoms with Crippen molar-refractivity contribution in [3.8, 4) is 0 Å². The van der Waals surface area contributed by atoms with E-state index >= 15 is 0 Å². The number of ether oxygens (including phenoxy) is 4. The van der Waals surface area contributed by atoms with Crippen LogP contribution < -0.4 is 0 Å². The van der Waals surface area contributed by atoms with Gasteiger partial charge in [-0.2, -0.15) is 0 Å². The highest BCUT2D eigenvalue weighted by Gasteiger charge is 2.57. The molecule has 156 valence electrons. The molecule has 1 aliphatic rings. The van der Waals surface area contributed by atoms with Crippen molar-refractivity contribution < 1.29 is 33.3 Å². The van der Waals surface area contributed by atoms with E-state index in [0.29, 0.717) is 3.83 Å². The molecule has 29 heavy (non-hydrogen) atoms. The molecule has 13 heteroatoms. The molecule has 3 atom stereocenters. The van der Waals surface area contributed by atoms with Gasteiger partial charge in [0.1, 0.15) is 12.1 Å². The number of carbonyl (C=O) groups is 3. The van der Waals surface area contributed by atoms with E-state index in [-0.39, 0.29) is 29.5 Å². The van der Waals surface area contributed by atoms with Gasteiger partial charge in [0, 0.05) is 43.4 Å². The van der Waals surface area contributed by atoms with Crippen LogP contribution in [0.3, 0.4) is 0 Å². The monoisotopic (exact) mass is 538 g/mol. The SMILES string of the molecule is CC(=O)OC[C@]1(n2cnc3c(Cl)nc(I)nc32)OC[C@H](OC(C)=O)[C@@H]1OC(C)=O. The number of esters is 3.